The zero-order valence-electron chi connectivity index (χ0n) is 7.81. The van der Waals surface area contributed by atoms with E-state index in [0.717, 1.165) is 18.4 Å². The molecule has 0 rings (SSSR count). The van der Waals surface area contributed by atoms with Crippen molar-refractivity contribution < 1.29 is 4.79 Å². The molecule has 0 aromatic heterocycles. The summed E-state index contributed by atoms with van der Waals surface area (Å²) in [6.07, 6.45) is 2.44. The van der Waals surface area contributed by atoms with E-state index in [-0.39, 0.29) is 5.78 Å². The summed E-state index contributed by atoms with van der Waals surface area (Å²) in [6, 6.07) is 0. The quantitative estimate of drug-likeness (QED) is 0.556. The summed E-state index contributed by atoms with van der Waals surface area (Å²) >= 11 is 0. The molecule has 0 bridgehead atoms. The predicted molar refractivity (Wildman–Crippen MR) is 48.5 cm³/mol. The Morgan fingerprint density at radius 1 is 1.45 bits per heavy atom. The highest BCUT2D eigenvalue weighted by atomic mass is 16.1. The van der Waals surface area contributed by atoms with E-state index in [1.165, 1.54) is 0 Å². The largest absolute Gasteiger partial charge is 0.295 e. The highest BCUT2D eigenvalue weighted by molar-refractivity contribution is 5.94. The number of hydrogen-bond acceptors (Lipinski definition) is 1. The summed E-state index contributed by atoms with van der Waals surface area (Å²) < 4.78 is 0. The highest BCUT2D eigenvalue weighted by Gasteiger charge is 2.05. The minimum absolute atomic E-state index is 0.237. The van der Waals surface area contributed by atoms with Gasteiger partial charge in [-0.25, -0.2) is 0 Å². The lowest BCUT2D eigenvalue weighted by Crippen LogP contribution is -2.02. The first-order valence-electron chi connectivity index (χ1n) is 4.28. The molecule has 0 spiro atoms. The first kappa shape index (κ1) is 10.4. The first-order chi connectivity index (χ1) is 5.07. The smallest absolute Gasteiger partial charge is 0.158 e. The number of ketones is 1. The molecule has 0 aromatic rings. The molecule has 0 aromatic carbocycles. The van der Waals surface area contributed by atoms with Crippen molar-refractivity contribution >= 4 is 5.78 Å². The molecule has 0 aliphatic carbocycles. The van der Waals surface area contributed by atoms with Gasteiger partial charge in [0.15, 0.2) is 5.78 Å². The van der Waals surface area contributed by atoms with Gasteiger partial charge in [-0.2, -0.15) is 0 Å². The van der Waals surface area contributed by atoms with Crippen molar-refractivity contribution in [3.63, 3.8) is 0 Å². The minimum Gasteiger partial charge on any atom is -0.295 e. The number of carbonyl (C=O) groups is 1. The van der Waals surface area contributed by atoms with Gasteiger partial charge in [-0.1, -0.05) is 27.4 Å². The van der Waals surface area contributed by atoms with E-state index in [1.807, 2.05) is 6.92 Å². The predicted octanol–water partition coefficient (Wildman–Crippen LogP) is 2.96. The zero-order valence-corrected chi connectivity index (χ0v) is 7.81. The van der Waals surface area contributed by atoms with Crippen molar-refractivity contribution in [3.05, 3.63) is 12.2 Å². The van der Waals surface area contributed by atoms with Gasteiger partial charge in [0.1, 0.15) is 0 Å². The number of hydrogen-bond donors (Lipinski definition) is 0. The maximum absolute atomic E-state index is 11.2. The van der Waals surface area contributed by atoms with E-state index in [2.05, 4.69) is 20.4 Å². The second-order valence-electron chi connectivity index (χ2n) is 3.31. The maximum Gasteiger partial charge on any atom is 0.158 e. The van der Waals surface area contributed by atoms with Crippen LogP contribution in [0.3, 0.4) is 0 Å². The minimum atomic E-state index is 0.237. The third-order valence-corrected chi connectivity index (χ3v) is 1.77. The summed E-state index contributed by atoms with van der Waals surface area (Å²) in [5, 5.41) is 0. The van der Waals surface area contributed by atoms with Crippen molar-refractivity contribution in [3.8, 4) is 0 Å². The molecule has 0 amide bonds. The van der Waals surface area contributed by atoms with Crippen molar-refractivity contribution in [2.75, 3.05) is 0 Å². The SMILES string of the molecule is C=C(CC)C(=O)CCC(C)C. The average molecular weight is 154 g/mol. The van der Waals surface area contributed by atoms with Crippen LogP contribution in [-0.4, -0.2) is 5.78 Å². The lowest BCUT2D eigenvalue weighted by Gasteiger charge is -2.03. The first-order valence-corrected chi connectivity index (χ1v) is 4.28. The van der Waals surface area contributed by atoms with Crippen LogP contribution >= 0.6 is 0 Å². The lowest BCUT2D eigenvalue weighted by atomic mass is 10.0. The van der Waals surface area contributed by atoms with Crippen molar-refractivity contribution in [2.45, 2.75) is 40.0 Å². The molecule has 0 aliphatic heterocycles. The number of Topliss-reactive ketones (excluding diaryl/α,β-unsaturated/α-hetero) is 1. The highest BCUT2D eigenvalue weighted by Crippen LogP contribution is 2.09. The van der Waals surface area contributed by atoms with Crippen LogP contribution in [0.1, 0.15) is 40.0 Å². The van der Waals surface area contributed by atoms with Crippen LogP contribution in [0.15, 0.2) is 12.2 Å². The van der Waals surface area contributed by atoms with E-state index >= 15 is 0 Å². The molecule has 0 N–H and O–H groups in total. The van der Waals surface area contributed by atoms with Gasteiger partial charge in [-0.05, 0) is 24.3 Å². The van der Waals surface area contributed by atoms with Gasteiger partial charge in [0.05, 0.1) is 0 Å². The van der Waals surface area contributed by atoms with Gasteiger partial charge >= 0.3 is 0 Å². The normalized spacial score (nSPS) is 10.2. The Balaban J connectivity index is 3.61. The number of allylic oxidation sites excluding steroid dienone is 1. The van der Waals surface area contributed by atoms with E-state index < -0.39 is 0 Å². The molecule has 0 atom stereocenters. The van der Waals surface area contributed by atoms with Crippen molar-refractivity contribution in [1.82, 2.24) is 0 Å². The fourth-order valence-electron chi connectivity index (χ4n) is 0.794. The Bertz CT molecular complexity index is 145. The Labute approximate surface area is 69.5 Å². The molecule has 11 heavy (non-hydrogen) atoms. The molecule has 0 saturated heterocycles. The molecule has 0 aliphatic rings. The lowest BCUT2D eigenvalue weighted by molar-refractivity contribution is -0.115. The van der Waals surface area contributed by atoms with E-state index in [0.29, 0.717) is 12.3 Å². The molecule has 0 unspecified atom stereocenters. The molecule has 0 heterocycles. The summed E-state index contributed by atoms with van der Waals surface area (Å²) in [6.45, 7) is 9.92. The Hall–Kier alpha value is -0.590. The fourth-order valence-corrected chi connectivity index (χ4v) is 0.794. The van der Waals surface area contributed by atoms with Gasteiger partial charge in [-0.3, -0.25) is 4.79 Å². The van der Waals surface area contributed by atoms with Crippen LogP contribution in [0.25, 0.3) is 0 Å². The third kappa shape index (κ3) is 4.77. The summed E-state index contributed by atoms with van der Waals surface area (Å²) in [4.78, 5) is 11.2. The topological polar surface area (TPSA) is 17.1 Å². The standard InChI is InChI=1S/C10H18O/c1-5-9(4)10(11)7-6-8(2)3/h8H,4-7H2,1-3H3. The molecule has 1 nitrogen and oxygen atoms in total. The third-order valence-electron chi connectivity index (χ3n) is 1.77. The summed E-state index contributed by atoms with van der Waals surface area (Å²) in [5.41, 5.74) is 0.769. The molecule has 0 fully saturated rings. The van der Waals surface area contributed by atoms with Gasteiger partial charge in [0.2, 0.25) is 0 Å². The van der Waals surface area contributed by atoms with Gasteiger partial charge < -0.3 is 0 Å². The Morgan fingerprint density at radius 2 is 2.00 bits per heavy atom. The van der Waals surface area contributed by atoms with Crippen LogP contribution in [0.2, 0.25) is 0 Å². The van der Waals surface area contributed by atoms with Crippen LogP contribution < -0.4 is 0 Å². The molecule has 0 saturated carbocycles. The van der Waals surface area contributed by atoms with Crippen molar-refractivity contribution in [1.29, 1.82) is 0 Å². The number of carbonyl (C=O) groups excluding carboxylic acids is 1. The molecule has 1 heteroatoms. The molecular weight excluding hydrogens is 136 g/mol. The van der Waals surface area contributed by atoms with Crippen LogP contribution in [0.5, 0.6) is 0 Å². The fraction of sp³-hybridized carbons (Fsp3) is 0.700. The summed E-state index contributed by atoms with van der Waals surface area (Å²) in [7, 11) is 0. The van der Waals surface area contributed by atoms with Crippen LogP contribution in [-0.2, 0) is 4.79 Å². The van der Waals surface area contributed by atoms with E-state index in [9.17, 15) is 4.79 Å². The Kier molecular flexibility index (Phi) is 4.84. The van der Waals surface area contributed by atoms with E-state index in [4.69, 9.17) is 0 Å². The number of rotatable bonds is 5. The zero-order chi connectivity index (χ0) is 8.85. The van der Waals surface area contributed by atoms with Gasteiger partial charge in [0, 0.05) is 6.42 Å². The Morgan fingerprint density at radius 3 is 2.36 bits per heavy atom. The monoisotopic (exact) mass is 154 g/mol. The second-order valence-corrected chi connectivity index (χ2v) is 3.31. The van der Waals surface area contributed by atoms with E-state index in [1.54, 1.807) is 0 Å². The molecule has 64 valence electrons. The van der Waals surface area contributed by atoms with Gasteiger partial charge in [0.25, 0.3) is 0 Å². The van der Waals surface area contributed by atoms with Gasteiger partial charge in [-0.15, -0.1) is 0 Å². The van der Waals surface area contributed by atoms with Crippen molar-refractivity contribution in [2.24, 2.45) is 5.92 Å². The second kappa shape index (κ2) is 5.11. The van der Waals surface area contributed by atoms with Crippen LogP contribution in [0.4, 0.5) is 0 Å². The summed E-state index contributed by atoms with van der Waals surface area (Å²) in [5.74, 6) is 0.852. The van der Waals surface area contributed by atoms with Crippen LogP contribution in [0, 0.1) is 5.92 Å². The maximum atomic E-state index is 11.2. The molecule has 0 radical (unpaired) electrons. The average Bonchev–Trinajstić information content (AvgIpc) is 1.98. The molecular formula is C10H18O.